The number of carbonyl (C=O) groups is 1. The van der Waals surface area contributed by atoms with E-state index in [0.29, 0.717) is 32.5 Å². The standard InChI is InChI=1S/C34H36N4O3/c1-25(37(22-26-10-3-2-4-11-26)23-28-14-9-13-27-12-5-6-15-30(27)28)24-41-34(40)36-20-18-29(19-21-36)38-32-17-8-7-16-31(32)35-33(38)39/h2-17,25,29H,18-24H2,1H3,(H,35,39). The first-order chi connectivity index (χ1) is 20.1. The summed E-state index contributed by atoms with van der Waals surface area (Å²) in [5.74, 6) is 0. The minimum absolute atomic E-state index is 0.0143. The van der Waals surface area contributed by atoms with Crippen LogP contribution in [0.2, 0.25) is 0 Å². The van der Waals surface area contributed by atoms with Crippen molar-refractivity contribution in [2.75, 3.05) is 19.7 Å². The fourth-order valence-corrected chi connectivity index (χ4v) is 5.97. The van der Waals surface area contributed by atoms with Gasteiger partial charge in [-0.2, -0.15) is 0 Å². The van der Waals surface area contributed by atoms with E-state index in [1.807, 2.05) is 34.9 Å². The van der Waals surface area contributed by atoms with Gasteiger partial charge in [-0.25, -0.2) is 9.59 Å². The number of nitrogens with zero attached hydrogens (tertiary/aromatic N) is 3. The number of benzene rings is 4. The highest BCUT2D eigenvalue weighted by Gasteiger charge is 2.27. The minimum Gasteiger partial charge on any atom is -0.448 e. The number of nitrogens with one attached hydrogen (secondary N) is 1. The summed E-state index contributed by atoms with van der Waals surface area (Å²) in [4.78, 5) is 32.8. The molecular formula is C34H36N4O3. The van der Waals surface area contributed by atoms with Crippen molar-refractivity contribution in [2.45, 2.75) is 44.9 Å². The third kappa shape index (κ3) is 5.91. The molecule has 7 nitrogen and oxygen atoms in total. The molecule has 1 aliphatic heterocycles. The van der Waals surface area contributed by atoms with E-state index in [4.69, 9.17) is 4.74 Å². The van der Waals surface area contributed by atoms with E-state index in [1.54, 1.807) is 4.90 Å². The monoisotopic (exact) mass is 548 g/mol. The molecule has 1 fully saturated rings. The molecule has 1 aliphatic rings. The summed E-state index contributed by atoms with van der Waals surface area (Å²) in [5, 5.41) is 2.47. The molecule has 1 N–H and O–H groups in total. The molecule has 6 rings (SSSR count). The van der Waals surface area contributed by atoms with Crippen molar-refractivity contribution in [1.29, 1.82) is 0 Å². The first-order valence-corrected chi connectivity index (χ1v) is 14.4. The number of ether oxygens (including phenoxy) is 1. The van der Waals surface area contributed by atoms with Crippen molar-refractivity contribution in [3.05, 3.63) is 119 Å². The van der Waals surface area contributed by atoms with E-state index in [1.165, 1.54) is 21.9 Å². The Morgan fingerprint density at radius 2 is 1.61 bits per heavy atom. The number of carbonyl (C=O) groups excluding carboxylic acids is 1. The van der Waals surface area contributed by atoms with E-state index in [9.17, 15) is 9.59 Å². The second-order valence-electron chi connectivity index (χ2n) is 11.0. The van der Waals surface area contributed by atoms with Crippen LogP contribution in [-0.2, 0) is 17.8 Å². The molecule has 2 heterocycles. The Kier molecular flexibility index (Phi) is 7.87. The van der Waals surface area contributed by atoms with E-state index in [0.717, 1.165) is 24.1 Å². The molecule has 1 unspecified atom stereocenters. The fourth-order valence-electron chi connectivity index (χ4n) is 5.97. The number of amides is 1. The summed E-state index contributed by atoms with van der Waals surface area (Å²) in [6, 6.07) is 33.1. The summed E-state index contributed by atoms with van der Waals surface area (Å²) >= 11 is 0. The van der Waals surface area contributed by atoms with Gasteiger partial charge in [0.25, 0.3) is 0 Å². The number of imidazole rings is 1. The lowest BCUT2D eigenvalue weighted by Crippen LogP contribution is -2.42. The molecule has 0 saturated carbocycles. The van der Waals surface area contributed by atoms with Crippen molar-refractivity contribution in [3.8, 4) is 0 Å². The lowest BCUT2D eigenvalue weighted by atomic mass is 10.0. The minimum atomic E-state index is -0.286. The van der Waals surface area contributed by atoms with Crippen LogP contribution in [0.5, 0.6) is 0 Å². The quantitative estimate of drug-likeness (QED) is 0.245. The predicted molar refractivity (Wildman–Crippen MR) is 163 cm³/mol. The number of hydrogen-bond acceptors (Lipinski definition) is 4. The predicted octanol–water partition coefficient (Wildman–Crippen LogP) is 6.35. The number of aromatic nitrogens is 2. The summed E-state index contributed by atoms with van der Waals surface area (Å²) in [6.07, 6.45) is 1.15. The van der Waals surface area contributed by atoms with Gasteiger partial charge in [0.05, 0.1) is 11.0 Å². The first-order valence-electron chi connectivity index (χ1n) is 14.4. The Balaban J connectivity index is 1.10. The zero-order valence-electron chi connectivity index (χ0n) is 23.4. The SMILES string of the molecule is CC(COC(=O)N1CCC(n2c(=O)[nH]c3ccccc32)CC1)N(Cc1ccccc1)Cc1cccc2ccccc12. The van der Waals surface area contributed by atoms with Gasteiger partial charge in [0.1, 0.15) is 6.61 Å². The number of para-hydroxylation sites is 2. The third-order valence-electron chi connectivity index (χ3n) is 8.27. The molecule has 1 aromatic heterocycles. The molecule has 0 spiro atoms. The zero-order chi connectivity index (χ0) is 28.2. The molecule has 1 atom stereocenters. The van der Waals surface area contributed by atoms with Crippen LogP contribution in [0.4, 0.5) is 4.79 Å². The maximum atomic E-state index is 13.1. The summed E-state index contributed by atoms with van der Waals surface area (Å²) in [7, 11) is 0. The molecule has 210 valence electrons. The third-order valence-corrected chi connectivity index (χ3v) is 8.27. The van der Waals surface area contributed by atoms with Crippen molar-refractivity contribution in [1.82, 2.24) is 19.4 Å². The van der Waals surface area contributed by atoms with Crippen LogP contribution < -0.4 is 5.69 Å². The van der Waals surface area contributed by atoms with Crippen molar-refractivity contribution in [3.63, 3.8) is 0 Å². The maximum Gasteiger partial charge on any atom is 0.409 e. The van der Waals surface area contributed by atoms with Crippen LogP contribution in [0.1, 0.15) is 36.9 Å². The molecule has 0 bridgehead atoms. The fraction of sp³-hybridized carbons (Fsp3) is 0.294. The van der Waals surface area contributed by atoms with Gasteiger partial charge in [-0.3, -0.25) is 9.47 Å². The van der Waals surface area contributed by atoms with Crippen molar-refractivity contribution >= 4 is 27.9 Å². The van der Waals surface area contributed by atoms with Crippen LogP contribution in [0.3, 0.4) is 0 Å². The average Bonchev–Trinajstić information content (AvgIpc) is 3.35. The van der Waals surface area contributed by atoms with Gasteiger partial charge in [-0.1, -0.05) is 84.9 Å². The number of likely N-dealkylation sites (tertiary alicyclic amines) is 1. The lowest BCUT2D eigenvalue weighted by molar-refractivity contribution is 0.0568. The number of fused-ring (bicyclic) bond motifs is 2. The van der Waals surface area contributed by atoms with E-state index < -0.39 is 0 Å². The van der Waals surface area contributed by atoms with Crippen LogP contribution in [-0.4, -0.2) is 51.2 Å². The smallest absolute Gasteiger partial charge is 0.409 e. The lowest BCUT2D eigenvalue weighted by Gasteiger charge is -2.33. The summed E-state index contributed by atoms with van der Waals surface area (Å²) in [5.41, 5.74) is 4.15. The van der Waals surface area contributed by atoms with Gasteiger partial charge in [-0.05, 0) is 53.8 Å². The maximum absolute atomic E-state index is 13.1. The zero-order valence-corrected chi connectivity index (χ0v) is 23.4. The van der Waals surface area contributed by atoms with Gasteiger partial charge in [0, 0.05) is 38.3 Å². The van der Waals surface area contributed by atoms with Crippen LogP contribution in [0, 0.1) is 0 Å². The molecular weight excluding hydrogens is 512 g/mol. The van der Waals surface area contributed by atoms with Gasteiger partial charge < -0.3 is 14.6 Å². The normalized spacial score (nSPS) is 15.0. The number of rotatable bonds is 8. The largest absolute Gasteiger partial charge is 0.448 e. The Labute approximate surface area is 240 Å². The number of piperidine rings is 1. The van der Waals surface area contributed by atoms with Crippen LogP contribution >= 0.6 is 0 Å². The summed E-state index contributed by atoms with van der Waals surface area (Å²) < 4.78 is 7.72. The second-order valence-corrected chi connectivity index (χ2v) is 11.0. The number of hydrogen-bond donors (Lipinski definition) is 1. The van der Waals surface area contributed by atoms with Crippen LogP contribution in [0.15, 0.2) is 102 Å². The molecule has 41 heavy (non-hydrogen) atoms. The molecule has 4 aromatic carbocycles. The molecule has 1 amide bonds. The Morgan fingerprint density at radius 1 is 0.902 bits per heavy atom. The summed E-state index contributed by atoms with van der Waals surface area (Å²) in [6.45, 7) is 5.06. The molecule has 5 aromatic rings. The van der Waals surface area contributed by atoms with Gasteiger partial charge in [-0.15, -0.1) is 0 Å². The van der Waals surface area contributed by atoms with Gasteiger partial charge in [0.2, 0.25) is 0 Å². The first kappa shape index (κ1) is 26.8. The Bertz CT molecular complexity index is 1680. The average molecular weight is 549 g/mol. The molecule has 0 aliphatic carbocycles. The molecule has 0 radical (unpaired) electrons. The van der Waals surface area contributed by atoms with Gasteiger partial charge in [0.15, 0.2) is 0 Å². The Morgan fingerprint density at radius 3 is 2.44 bits per heavy atom. The Hall–Kier alpha value is -4.36. The van der Waals surface area contributed by atoms with E-state index in [2.05, 4.69) is 83.5 Å². The number of H-pyrrole nitrogens is 1. The highest BCUT2D eigenvalue weighted by Crippen LogP contribution is 2.26. The van der Waals surface area contributed by atoms with Crippen molar-refractivity contribution < 1.29 is 9.53 Å². The van der Waals surface area contributed by atoms with E-state index in [-0.39, 0.29) is 23.9 Å². The highest BCUT2D eigenvalue weighted by molar-refractivity contribution is 5.85. The second kappa shape index (κ2) is 12.0. The van der Waals surface area contributed by atoms with Gasteiger partial charge >= 0.3 is 11.8 Å². The highest BCUT2D eigenvalue weighted by atomic mass is 16.6. The molecule has 1 saturated heterocycles. The molecule has 7 heteroatoms. The van der Waals surface area contributed by atoms with E-state index >= 15 is 0 Å². The number of aromatic amines is 1. The topological polar surface area (TPSA) is 70.6 Å². The van der Waals surface area contributed by atoms with Crippen LogP contribution in [0.25, 0.3) is 21.8 Å². The van der Waals surface area contributed by atoms with Crippen molar-refractivity contribution in [2.24, 2.45) is 0 Å².